The lowest BCUT2D eigenvalue weighted by Gasteiger charge is -1.84. The predicted molar refractivity (Wildman–Crippen MR) is 34.6 cm³/mol. The van der Waals surface area contributed by atoms with E-state index < -0.39 is 11.6 Å². The van der Waals surface area contributed by atoms with Crippen LogP contribution >= 0.6 is 0 Å². The Hall–Kier alpha value is -1.65. The molecule has 2 heterocycles. The fourth-order valence-electron chi connectivity index (χ4n) is 0.821. The minimum atomic E-state index is -0.627. The molecule has 0 saturated heterocycles. The average molecular weight is 154 g/mol. The lowest BCUT2D eigenvalue weighted by Crippen LogP contribution is -1.92. The number of aromatic nitrogens is 2. The van der Waals surface area contributed by atoms with Crippen LogP contribution in [0.4, 0.5) is 4.39 Å². The summed E-state index contributed by atoms with van der Waals surface area (Å²) in [4.78, 5) is 16.3. The van der Waals surface area contributed by atoms with Crippen LogP contribution in [0.25, 0.3) is 11.2 Å². The highest BCUT2D eigenvalue weighted by Crippen LogP contribution is 2.06. The molecule has 2 aromatic heterocycles. The molecular weight excluding hydrogens is 151 g/mol. The van der Waals surface area contributed by atoms with E-state index in [0.29, 0.717) is 0 Å². The first-order chi connectivity index (χ1) is 5.25. The van der Waals surface area contributed by atoms with Gasteiger partial charge in [0.05, 0.1) is 6.20 Å². The second-order valence-electron chi connectivity index (χ2n) is 2.02. The Morgan fingerprint density at radius 1 is 1.64 bits per heavy atom. The summed E-state index contributed by atoms with van der Waals surface area (Å²) >= 11 is 0. The topological polar surface area (TPSA) is 58.9 Å². The lowest BCUT2D eigenvalue weighted by molar-refractivity contribution is 0.543. The van der Waals surface area contributed by atoms with Gasteiger partial charge in [0.25, 0.3) is 0 Å². The maximum atomic E-state index is 12.4. The Morgan fingerprint density at radius 2 is 2.45 bits per heavy atom. The number of pyridine rings is 1. The van der Waals surface area contributed by atoms with Gasteiger partial charge in [-0.25, -0.2) is 14.2 Å². The molecule has 0 aliphatic heterocycles. The zero-order valence-electron chi connectivity index (χ0n) is 5.30. The summed E-state index contributed by atoms with van der Waals surface area (Å²) < 4.78 is 17.0. The third kappa shape index (κ3) is 0.899. The zero-order chi connectivity index (χ0) is 7.84. The van der Waals surface area contributed by atoms with Crippen molar-refractivity contribution in [3.8, 4) is 0 Å². The number of H-pyrrole nitrogens is 1. The van der Waals surface area contributed by atoms with E-state index in [9.17, 15) is 9.18 Å². The van der Waals surface area contributed by atoms with E-state index in [1.54, 1.807) is 0 Å². The molecule has 0 unspecified atom stereocenters. The van der Waals surface area contributed by atoms with Crippen LogP contribution in [0, 0.1) is 5.82 Å². The molecule has 0 aliphatic carbocycles. The highest BCUT2D eigenvalue weighted by molar-refractivity contribution is 5.66. The van der Waals surface area contributed by atoms with E-state index in [1.165, 1.54) is 0 Å². The van der Waals surface area contributed by atoms with Crippen LogP contribution in [-0.4, -0.2) is 9.97 Å². The number of halogens is 1. The van der Waals surface area contributed by atoms with Crippen molar-refractivity contribution in [2.45, 2.75) is 0 Å². The summed E-state index contributed by atoms with van der Waals surface area (Å²) in [5.74, 6) is -1.13. The van der Waals surface area contributed by atoms with E-state index in [0.717, 1.165) is 12.3 Å². The highest BCUT2D eigenvalue weighted by atomic mass is 19.1. The smallest absolute Gasteiger partial charge is 0.389 e. The third-order valence-electron chi connectivity index (χ3n) is 1.24. The van der Waals surface area contributed by atoms with Crippen LogP contribution in [0.1, 0.15) is 0 Å². The summed E-state index contributed by atoms with van der Waals surface area (Å²) in [5, 5.41) is 0. The Bertz CT molecular complexity index is 445. The summed E-state index contributed by atoms with van der Waals surface area (Å²) in [6, 6.07) is 1.15. The van der Waals surface area contributed by atoms with Crippen molar-refractivity contribution >= 4 is 11.2 Å². The quantitative estimate of drug-likeness (QED) is 0.606. The number of nitrogens with zero attached hydrogens (tertiary/aromatic N) is 1. The van der Waals surface area contributed by atoms with Crippen molar-refractivity contribution in [2.24, 2.45) is 0 Å². The number of oxazole rings is 1. The number of fused-ring (bicyclic) bond motifs is 1. The molecule has 0 saturated carbocycles. The summed E-state index contributed by atoms with van der Waals surface area (Å²) in [7, 11) is 0. The van der Waals surface area contributed by atoms with Gasteiger partial charge in [-0.1, -0.05) is 0 Å². The van der Waals surface area contributed by atoms with Crippen LogP contribution in [-0.2, 0) is 0 Å². The Morgan fingerprint density at radius 3 is 3.27 bits per heavy atom. The molecule has 1 N–H and O–H groups in total. The maximum Gasteiger partial charge on any atom is 0.418 e. The molecule has 0 fully saturated rings. The minimum absolute atomic E-state index is 0.122. The Balaban J connectivity index is 2.92. The molecule has 0 atom stereocenters. The number of nitrogens with one attached hydrogen (secondary N) is 1. The molecule has 5 heteroatoms. The molecule has 0 radical (unpaired) electrons. The van der Waals surface area contributed by atoms with Crippen LogP contribution in [0.3, 0.4) is 0 Å². The van der Waals surface area contributed by atoms with Gasteiger partial charge in [-0.15, -0.1) is 0 Å². The predicted octanol–water partition coefficient (Wildman–Crippen LogP) is 0.655. The second-order valence-corrected chi connectivity index (χ2v) is 2.02. The van der Waals surface area contributed by atoms with E-state index in [4.69, 9.17) is 0 Å². The van der Waals surface area contributed by atoms with E-state index in [-0.39, 0.29) is 11.2 Å². The van der Waals surface area contributed by atoms with Crippen molar-refractivity contribution in [3.05, 3.63) is 28.6 Å². The SMILES string of the molecule is O=c1[nH]c2cc(F)cnc2o1. The normalized spacial score (nSPS) is 10.6. The van der Waals surface area contributed by atoms with Crippen LogP contribution in [0.5, 0.6) is 0 Å². The molecule has 0 bridgehead atoms. The second kappa shape index (κ2) is 1.91. The molecular formula is C6H3FN2O2. The maximum absolute atomic E-state index is 12.4. The van der Waals surface area contributed by atoms with Crippen molar-refractivity contribution in [1.82, 2.24) is 9.97 Å². The summed E-state index contributed by atoms with van der Waals surface area (Å²) in [5.41, 5.74) is 0.395. The minimum Gasteiger partial charge on any atom is -0.389 e. The van der Waals surface area contributed by atoms with Gasteiger partial charge in [-0.2, -0.15) is 0 Å². The standard InChI is InChI=1S/C6H3FN2O2/c7-3-1-4-5(8-2-3)11-6(10)9-4/h1-2H,(H,9,10). The van der Waals surface area contributed by atoms with E-state index in [2.05, 4.69) is 14.4 Å². The molecule has 56 valence electrons. The fraction of sp³-hybridized carbons (Fsp3) is 0. The zero-order valence-corrected chi connectivity index (χ0v) is 5.30. The fourth-order valence-corrected chi connectivity index (χ4v) is 0.821. The van der Waals surface area contributed by atoms with Crippen molar-refractivity contribution in [3.63, 3.8) is 0 Å². The third-order valence-corrected chi connectivity index (χ3v) is 1.24. The molecule has 11 heavy (non-hydrogen) atoms. The lowest BCUT2D eigenvalue weighted by atomic mass is 10.4. The first-order valence-electron chi connectivity index (χ1n) is 2.90. The Labute approximate surface area is 59.7 Å². The number of hydrogen-bond donors (Lipinski definition) is 1. The average Bonchev–Trinajstić information content (AvgIpc) is 2.27. The molecule has 2 aromatic rings. The van der Waals surface area contributed by atoms with Crippen LogP contribution in [0.15, 0.2) is 21.5 Å². The van der Waals surface area contributed by atoms with E-state index in [1.807, 2.05) is 0 Å². The molecule has 0 amide bonds. The molecule has 2 rings (SSSR count). The van der Waals surface area contributed by atoms with E-state index >= 15 is 0 Å². The largest absolute Gasteiger partial charge is 0.418 e. The number of aromatic amines is 1. The number of hydrogen-bond acceptors (Lipinski definition) is 3. The van der Waals surface area contributed by atoms with Crippen molar-refractivity contribution in [2.75, 3.05) is 0 Å². The monoisotopic (exact) mass is 154 g/mol. The highest BCUT2D eigenvalue weighted by Gasteiger charge is 2.01. The van der Waals surface area contributed by atoms with Crippen LogP contribution in [0.2, 0.25) is 0 Å². The summed E-state index contributed by atoms with van der Waals surface area (Å²) in [6.45, 7) is 0. The van der Waals surface area contributed by atoms with Gasteiger partial charge in [-0.3, -0.25) is 4.98 Å². The van der Waals surface area contributed by atoms with Crippen molar-refractivity contribution < 1.29 is 8.81 Å². The van der Waals surface area contributed by atoms with Gasteiger partial charge >= 0.3 is 5.76 Å². The van der Waals surface area contributed by atoms with Gasteiger partial charge in [0.2, 0.25) is 5.71 Å². The van der Waals surface area contributed by atoms with Gasteiger partial charge in [0, 0.05) is 6.07 Å². The number of rotatable bonds is 0. The first-order valence-corrected chi connectivity index (χ1v) is 2.90. The molecule has 0 aromatic carbocycles. The molecule has 0 aliphatic rings. The van der Waals surface area contributed by atoms with Gasteiger partial charge in [-0.05, 0) is 0 Å². The Kier molecular flexibility index (Phi) is 1.06. The van der Waals surface area contributed by atoms with Gasteiger partial charge in [0.15, 0.2) is 0 Å². The molecule has 0 spiro atoms. The van der Waals surface area contributed by atoms with Crippen LogP contribution < -0.4 is 5.76 Å². The summed E-state index contributed by atoms with van der Waals surface area (Å²) in [6.07, 6.45) is 0.985. The van der Waals surface area contributed by atoms with Gasteiger partial charge < -0.3 is 4.42 Å². The first kappa shape index (κ1) is 6.09. The van der Waals surface area contributed by atoms with Gasteiger partial charge in [0.1, 0.15) is 11.3 Å². The van der Waals surface area contributed by atoms with Crippen molar-refractivity contribution in [1.29, 1.82) is 0 Å². The molecule has 4 nitrogen and oxygen atoms in total.